The Morgan fingerprint density at radius 3 is 1.02 bits per heavy atom. The first-order valence-electron chi connectivity index (χ1n) is 42.0. The fourth-order valence-corrected chi connectivity index (χ4v) is 17.4. The second-order valence-corrected chi connectivity index (χ2v) is 43.7. The van der Waals surface area contributed by atoms with Crippen LogP contribution in [0.1, 0.15) is 27.8 Å². The van der Waals surface area contributed by atoms with Crippen molar-refractivity contribution in [3.63, 3.8) is 0 Å². The van der Waals surface area contributed by atoms with Gasteiger partial charge in [0.05, 0.1) is 133 Å². The van der Waals surface area contributed by atoms with Crippen molar-refractivity contribution in [1.29, 1.82) is 0 Å². The zero-order chi connectivity index (χ0) is 99.9. The molecular weight excluding hydrogens is 1940 g/mol. The minimum Gasteiger partial charge on any atom is -0.494 e. The van der Waals surface area contributed by atoms with Crippen molar-refractivity contribution in [2.24, 2.45) is 0 Å². The molecule has 139 heavy (non-hydrogen) atoms. The fourth-order valence-electron chi connectivity index (χ4n) is 12.4. The van der Waals surface area contributed by atoms with Gasteiger partial charge < -0.3 is 121 Å². The van der Waals surface area contributed by atoms with E-state index < -0.39 is 42.7 Å². The molecule has 11 heterocycles. The van der Waals surface area contributed by atoms with Crippen molar-refractivity contribution in [3.8, 4) is 29.3 Å². The standard InChI is InChI=1S/C18H23FN5O5P.C17H21ClN5O4P.C17H21FN5O4P.C16H21N6O4P.C16H20N5O4P/c1-26-14-5-4-12(8-13(14)19)9-29-30(3,25)11-28-7-6-24-10-21-15-16(24)22-18(20)23-17(15)27-2;2*1-25-16-14-15(21-17(19)22-16)23(10-20-14)6-7-26-11-28(2,24)27-9-12-4-3-5-13(18)8-12;1-24-15-13-14(20-16(17)21-15)22(10-19-13)6-7-25-11-27(2,23)26-9-12-4-3-5-18-8-12;1-26(23,25-9-12-5-3-2-4-6-12)11-24-8-7-21-10-18-13-14(21)19-16(17)20-15(13)22/h4-5,8,10H,6-7,9,11H2,1-3H3,(H2,20,22,23);2*3-5,8,10H,6-7,9,11H2,1-2H3,(H2,19,21,22);3-5,8,10H,6-7,9,11H2,1-2H3,(H2,17,20,21);2-6,10H,7-9,11H2,1H3,(H3,17,19,20,22). The number of imidazole rings is 5. The van der Waals surface area contributed by atoms with Crippen molar-refractivity contribution < 1.29 is 102 Å². The lowest BCUT2D eigenvalue weighted by Crippen LogP contribution is -2.13. The predicted octanol–water partition coefficient (Wildman–Crippen LogP) is 12.2. The van der Waals surface area contributed by atoms with E-state index in [2.05, 4.69) is 79.7 Å². The lowest BCUT2D eigenvalue weighted by Gasteiger charge is -2.15. The normalized spacial score (nSPS) is 13.5. The number of benzene rings is 4. The van der Waals surface area contributed by atoms with Gasteiger partial charge in [0.25, 0.3) is 5.56 Å². The van der Waals surface area contributed by atoms with E-state index in [-0.39, 0.29) is 137 Å². The summed E-state index contributed by atoms with van der Waals surface area (Å²) in [6.07, 6.45) is 11.1. The van der Waals surface area contributed by atoms with E-state index in [1.807, 2.05) is 48.5 Å². The molecule has 0 radical (unpaired) electrons. The molecule has 15 rings (SSSR count). The zero-order valence-electron chi connectivity index (χ0n) is 77.4. The minimum atomic E-state index is -3.03. The molecule has 47 nitrogen and oxygen atoms in total. The number of nitrogens with zero attached hydrogens (tertiary/aromatic N) is 20. The molecule has 0 amide bonds. The first kappa shape index (κ1) is 107. The maximum absolute atomic E-state index is 13.7. The average Bonchev–Trinajstić information content (AvgIpc) is 1.68. The largest absolute Gasteiger partial charge is 0.494 e. The maximum Gasteiger partial charge on any atom is 0.280 e. The number of fused-ring (bicyclic) bond motifs is 5. The van der Waals surface area contributed by atoms with Gasteiger partial charge in [0, 0.05) is 83.5 Å². The SMILES string of the molecule is COc1ccc(COP(C)(=O)COCCn2cnc3c(OC)nc(N)nc32)cc1F.COc1nc(N)nc2c1ncn2CCOCP(C)(=O)OCc1cccc(Cl)c1.COc1nc(N)nc2c1ncn2CCOCP(C)(=O)OCc1cccc(F)c1.COc1nc(N)nc2c1ncn2CCOCP(C)(=O)OCc1cccnc1.CP(=O)(COCCn1cnc2c(=O)[nH]c(N)nc21)OCc1ccccc1. The maximum atomic E-state index is 13.7. The Kier molecular flexibility index (Phi) is 39.1. The molecule has 0 saturated heterocycles. The van der Waals surface area contributed by atoms with Crippen LogP contribution in [0.3, 0.4) is 0 Å². The van der Waals surface area contributed by atoms with Crippen LogP contribution in [0.25, 0.3) is 55.8 Å². The number of halogens is 3. The minimum absolute atomic E-state index is 0.000200. The second-order valence-electron chi connectivity index (χ2n) is 30.6. The first-order valence-corrected chi connectivity index (χ1v) is 53.7. The Balaban J connectivity index is 0.000000166. The average molecular weight is 2040 g/mol. The van der Waals surface area contributed by atoms with Gasteiger partial charge in [-0.25, -0.2) is 33.7 Å². The lowest BCUT2D eigenvalue weighted by molar-refractivity contribution is 0.153. The summed E-state index contributed by atoms with van der Waals surface area (Å²) >= 11 is 5.93. The zero-order valence-corrected chi connectivity index (χ0v) is 82.6. The van der Waals surface area contributed by atoms with E-state index in [0.717, 1.165) is 16.7 Å². The summed E-state index contributed by atoms with van der Waals surface area (Å²) in [5.41, 5.74) is 36.5. The summed E-state index contributed by atoms with van der Waals surface area (Å²) in [6, 6.07) is 30.8. The number of hydrogen-bond donors (Lipinski definition) is 6. The van der Waals surface area contributed by atoms with Gasteiger partial charge in [-0.15, -0.1) is 0 Å². The van der Waals surface area contributed by atoms with Crippen molar-refractivity contribution in [2.75, 3.05) is 162 Å². The molecule has 4 aromatic carbocycles. The third kappa shape index (κ3) is 32.8. The molecule has 11 aromatic heterocycles. The van der Waals surface area contributed by atoms with E-state index in [4.69, 9.17) is 110 Å². The summed E-state index contributed by atoms with van der Waals surface area (Å²) < 4.78 is 178. The van der Waals surface area contributed by atoms with Crippen LogP contribution < -0.4 is 57.9 Å². The molecule has 0 aliphatic rings. The number of ether oxygens (including phenoxy) is 10. The van der Waals surface area contributed by atoms with Crippen LogP contribution in [0.2, 0.25) is 5.02 Å². The Morgan fingerprint density at radius 2 is 0.683 bits per heavy atom. The number of nitrogens with two attached hydrogens (primary N) is 5. The third-order valence-corrected chi connectivity index (χ3v) is 26.0. The number of aromatic nitrogens is 21. The molecule has 15 aromatic rings. The Morgan fingerprint density at radius 1 is 0.360 bits per heavy atom. The summed E-state index contributed by atoms with van der Waals surface area (Å²) in [4.78, 5) is 75.7. The van der Waals surface area contributed by atoms with Crippen LogP contribution in [0.15, 0.2) is 158 Å². The molecule has 744 valence electrons. The van der Waals surface area contributed by atoms with Gasteiger partial charge in [0.2, 0.25) is 90.1 Å². The number of methoxy groups -OCH3 is 5. The highest BCUT2D eigenvalue weighted by molar-refractivity contribution is 7.59. The summed E-state index contributed by atoms with van der Waals surface area (Å²) in [6.45, 7) is 11.9. The highest BCUT2D eigenvalue weighted by Crippen LogP contribution is 2.47. The predicted molar refractivity (Wildman–Crippen MR) is 515 cm³/mol. The first-order chi connectivity index (χ1) is 66.5. The van der Waals surface area contributed by atoms with Crippen LogP contribution in [-0.4, -0.2) is 236 Å². The Hall–Kier alpha value is -12.5. The van der Waals surface area contributed by atoms with Gasteiger partial charge in [-0.3, -0.25) is 37.6 Å². The van der Waals surface area contributed by atoms with E-state index in [0.29, 0.717) is 136 Å². The van der Waals surface area contributed by atoms with Crippen LogP contribution in [0, 0.1) is 11.6 Å². The molecule has 0 fully saturated rings. The second kappa shape index (κ2) is 50.9. The lowest BCUT2D eigenvalue weighted by atomic mass is 10.2. The van der Waals surface area contributed by atoms with E-state index in [1.54, 1.807) is 117 Å². The van der Waals surface area contributed by atoms with Crippen LogP contribution in [-0.2, 0) is 135 Å². The van der Waals surface area contributed by atoms with Gasteiger partial charge in [0.15, 0.2) is 67.4 Å². The molecule has 55 heteroatoms. The van der Waals surface area contributed by atoms with Crippen molar-refractivity contribution in [3.05, 3.63) is 208 Å². The topological polar surface area (TPSA) is 605 Å². The summed E-state index contributed by atoms with van der Waals surface area (Å²) in [5, 5.41) is 0.608. The van der Waals surface area contributed by atoms with Gasteiger partial charge in [-0.05, 0) is 70.3 Å². The van der Waals surface area contributed by atoms with Gasteiger partial charge >= 0.3 is 0 Å². The smallest absolute Gasteiger partial charge is 0.280 e. The molecule has 5 unspecified atom stereocenters. The molecule has 0 aliphatic heterocycles. The summed E-state index contributed by atoms with van der Waals surface area (Å²) in [5.74, 6) is 0.864. The quantitative estimate of drug-likeness (QED) is 0.0152. The van der Waals surface area contributed by atoms with Crippen molar-refractivity contribution in [1.82, 2.24) is 103 Å². The molecule has 0 bridgehead atoms. The van der Waals surface area contributed by atoms with Gasteiger partial charge in [-0.2, -0.15) is 44.9 Å². The number of rotatable bonds is 45. The molecule has 0 saturated carbocycles. The number of hydrogen-bond acceptors (Lipinski definition) is 41. The number of nitrogens with one attached hydrogen (secondary N) is 1. The number of aromatic amines is 1. The number of nitrogen functional groups attached to an aromatic ring is 5. The molecular formula is C84H106ClF2N26O21P5. The highest BCUT2D eigenvalue weighted by Gasteiger charge is 2.25. The van der Waals surface area contributed by atoms with E-state index in [1.165, 1.54) is 79.5 Å². The number of H-pyrrole nitrogens is 1. The van der Waals surface area contributed by atoms with E-state index in [9.17, 15) is 36.4 Å². The fraction of sp³-hybridized carbons (Fsp3) is 0.357. The third-order valence-electron chi connectivity index (χ3n) is 19.2. The molecule has 5 atom stereocenters. The summed E-state index contributed by atoms with van der Waals surface area (Å²) in [7, 11) is -7.34. The van der Waals surface area contributed by atoms with Crippen LogP contribution >= 0.6 is 48.4 Å². The van der Waals surface area contributed by atoms with Crippen LogP contribution in [0.5, 0.6) is 29.3 Å². The molecule has 0 spiro atoms. The van der Waals surface area contributed by atoms with Crippen molar-refractivity contribution in [2.45, 2.75) is 65.8 Å². The Labute approximate surface area is 799 Å². The monoisotopic (exact) mass is 2040 g/mol. The Bertz CT molecular complexity index is 6760. The van der Waals surface area contributed by atoms with Crippen LogP contribution in [0.4, 0.5) is 38.5 Å². The number of anilines is 5. The van der Waals surface area contributed by atoms with E-state index >= 15 is 0 Å². The highest BCUT2D eigenvalue weighted by atomic mass is 35.5. The van der Waals surface area contributed by atoms with Gasteiger partial charge in [-0.1, -0.05) is 78.3 Å². The van der Waals surface area contributed by atoms with Gasteiger partial charge in [0.1, 0.15) is 37.6 Å². The number of pyridine rings is 1. The molecule has 0 aliphatic carbocycles. The molecule has 11 N–H and O–H groups in total. The van der Waals surface area contributed by atoms with Crippen molar-refractivity contribution >= 4 is 134 Å².